The molecule has 0 radical (unpaired) electrons. The van der Waals surface area contributed by atoms with Gasteiger partial charge in [-0.05, 0) is 17.7 Å². The average molecular weight is 348 g/mol. The highest BCUT2D eigenvalue weighted by atomic mass is 16.4. The molecule has 2 aromatic heterocycles. The Morgan fingerprint density at radius 3 is 2.62 bits per heavy atom. The van der Waals surface area contributed by atoms with Gasteiger partial charge >= 0.3 is 5.97 Å². The third kappa shape index (κ3) is 2.90. The van der Waals surface area contributed by atoms with E-state index in [0.29, 0.717) is 5.65 Å². The van der Waals surface area contributed by atoms with Gasteiger partial charge in [0.15, 0.2) is 5.69 Å². The predicted molar refractivity (Wildman–Crippen MR) is 96.0 cm³/mol. The fraction of sp³-hybridized carbons (Fsp3) is 0.105. The van der Waals surface area contributed by atoms with Crippen LogP contribution in [0.25, 0.3) is 16.7 Å². The molecule has 0 unspecified atom stereocenters. The molecule has 130 valence electrons. The maximum Gasteiger partial charge on any atom is 0.305 e. The minimum absolute atomic E-state index is 0.204. The summed E-state index contributed by atoms with van der Waals surface area (Å²) < 4.78 is 1.67. The van der Waals surface area contributed by atoms with Crippen molar-refractivity contribution in [3.8, 4) is 0 Å². The third-order valence-electron chi connectivity index (χ3n) is 4.22. The van der Waals surface area contributed by atoms with Crippen molar-refractivity contribution in [3.63, 3.8) is 0 Å². The van der Waals surface area contributed by atoms with Crippen molar-refractivity contribution in [3.05, 3.63) is 71.9 Å². The lowest BCUT2D eigenvalue weighted by molar-refractivity contribution is -0.137. The summed E-state index contributed by atoms with van der Waals surface area (Å²) in [5.74, 6) is -1.40. The van der Waals surface area contributed by atoms with E-state index in [1.807, 2.05) is 42.5 Å². The molecular weight excluding hydrogens is 332 g/mol. The van der Waals surface area contributed by atoms with Crippen LogP contribution in [0.15, 0.2) is 60.7 Å². The molecule has 26 heavy (non-hydrogen) atoms. The summed E-state index contributed by atoms with van der Waals surface area (Å²) in [4.78, 5) is 27.0. The molecule has 2 heterocycles. The van der Waals surface area contributed by atoms with Crippen LogP contribution in [0.2, 0.25) is 0 Å². The summed E-state index contributed by atoms with van der Waals surface area (Å²) in [6, 6.07) is 17.7. The molecular formula is C19H16N4O3. The molecule has 0 aliphatic rings. The zero-order chi connectivity index (χ0) is 18.1. The molecule has 0 bridgehead atoms. The van der Waals surface area contributed by atoms with E-state index in [-0.39, 0.29) is 12.1 Å². The number of carbonyl (C=O) groups excluding carboxylic acids is 1. The fourth-order valence-electron chi connectivity index (χ4n) is 3.01. The van der Waals surface area contributed by atoms with E-state index in [1.165, 1.54) is 0 Å². The molecule has 0 spiro atoms. The highest BCUT2D eigenvalue weighted by molar-refractivity contribution is 5.95. The molecule has 4 rings (SSSR count). The molecule has 0 saturated heterocycles. The van der Waals surface area contributed by atoms with Crippen molar-refractivity contribution < 1.29 is 14.7 Å². The second-order valence-corrected chi connectivity index (χ2v) is 6.00. The van der Waals surface area contributed by atoms with Crippen LogP contribution in [0, 0.1) is 0 Å². The second-order valence-electron chi connectivity index (χ2n) is 6.00. The van der Waals surface area contributed by atoms with Crippen LogP contribution < -0.4 is 5.32 Å². The van der Waals surface area contributed by atoms with Crippen LogP contribution in [-0.2, 0) is 4.79 Å². The lowest BCUT2D eigenvalue weighted by Crippen LogP contribution is -2.30. The van der Waals surface area contributed by atoms with Crippen molar-refractivity contribution in [2.24, 2.45) is 0 Å². The molecule has 0 saturated carbocycles. The number of rotatable bonds is 5. The number of hydrogen-bond donors (Lipinski definition) is 3. The lowest BCUT2D eigenvalue weighted by atomic mass is 10.0. The van der Waals surface area contributed by atoms with E-state index < -0.39 is 17.9 Å². The first-order valence-corrected chi connectivity index (χ1v) is 8.16. The molecule has 1 amide bonds. The predicted octanol–water partition coefficient (Wildman–Crippen LogP) is 2.76. The van der Waals surface area contributed by atoms with Crippen LogP contribution in [0.3, 0.4) is 0 Å². The SMILES string of the molecule is O=C(O)C[C@H](NC(=O)c1cc2[nH]c3ccccc3n2n1)c1ccccc1. The number of carboxylic acid groups (broad SMARTS) is 1. The fourth-order valence-corrected chi connectivity index (χ4v) is 3.01. The summed E-state index contributed by atoms with van der Waals surface area (Å²) in [5.41, 5.74) is 3.46. The van der Waals surface area contributed by atoms with Gasteiger partial charge in [-0.2, -0.15) is 5.10 Å². The van der Waals surface area contributed by atoms with Crippen LogP contribution in [0.4, 0.5) is 0 Å². The number of aromatic amines is 1. The normalized spacial score (nSPS) is 12.3. The quantitative estimate of drug-likeness (QED) is 0.516. The van der Waals surface area contributed by atoms with Crippen LogP contribution >= 0.6 is 0 Å². The number of H-pyrrole nitrogens is 1. The van der Waals surface area contributed by atoms with Gasteiger partial charge in [0.1, 0.15) is 5.65 Å². The topological polar surface area (TPSA) is 99.5 Å². The van der Waals surface area contributed by atoms with E-state index in [9.17, 15) is 9.59 Å². The number of carboxylic acids is 1. The first-order valence-electron chi connectivity index (χ1n) is 8.16. The number of nitrogens with one attached hydrogen (secondary N) is 2. The van der Waals surface area contributed by atoms with Crippen LogP contribution in [0.1, 0.15) is 28.5 Å². The van der Waals surface area contributed by atoms with E-state index >= 15 is 0 Å². The van der Waals surface area contributed by atoms with E-state index in [2.05, 4.69) is 15.4 Å². The number of benzene rings is 2. The number of amides is 1. The second kappa shape index (κ2) is 6.36. The first kappa shape index (κ1) is 15.9. The van der Waals surface area contributed by atoms with Crippen molar-refractivity contribution >= 4 is 28.6 Å². The molecule has 1 atom stereocenters. The van der Waals surface area contributed by atoms with E-state index in [4.69, 9.17) is 5.11 Å². The average Bonchev–Trinajstić information content (AvgIpc) is 3.19. The Kier molecular flexibility index (Phi) is 3.89. The smallest absolute Gasteiger partial charge is 0.305 e. The molecule has 7 heteroatoms. The number of nitrogens with zero attached hydrogens (tertiary/aromatic N) is 2. The maximum absolute atomic E-state index is 12.6. The number of aromatic nitrogens is 3. The molecule has 0 aliphatic carbocycles. The molecule has 0 fully saturated rings. The lowest BCUT2D eigenvalue weighted by Gasteiger charge is -2.16. The van der Waals surface area contributed by atoms with Gasteiger partial charge in [-0.25, -0.2) is 4.52 Å². The van der Waals surface area contributed by atoms with Gasteiger partial charge in [0, 0.05) is 6.07 Å². The van der Waals surface area contributed by atoms with Gasteiger partial charge in [0.25, 0.3) is 5.91 Å². The number of fused-ring (bicyclic) bond motifs is 3. The highest BCUT2D eigenvalue weighted by Crippen LogP contribution is 2.19. The Labute approximate surface area is 148 Å². The zero-order valence-electron chi connectivity index (χ0n) is 13.7. The zero-order valence-corrected chi connectivity index (χ0v) is 13.7. The Morgan fingerprint density at radius 1 is 1.12 bits per heavy atom. The standard InChI is InChI=1S/C19H16N4O3/c24-18(25)11-14(12-6-2-1-3-7-12)21-19(26)15-10-17-20-13-8-4-5-9-16(13)23(17)22-15/h1-10,14,20H,11H2,(H,21,26)(H,24,25)/t14-/m0/s1. The monoisotopic (exact) mass is 348 g/mol. The number of aliphatic carboxylic acids is 1. The van der Waals surface area contributed by atoms with Crippen molar-refractivity contribution in [1.82, 2.24) is 19.9 Å². The Bertz CT molecular complexity index is 1100. The summed E-state index contributed by atoms with van der Waals surface area (Å²) in [6.07, 6.45) is -0.204. The molecule has 7 nitrogen and oxygen atoms in total. The first-order chi connectivity index (χ1) is 12.6. The van der Waals surface area contributed by atoms with Crippen molar-refractivity contribution in [1.29, 1.82) is 0 Å². The van der Waals surface area contributed by atoms with Gasteiger partial charge < -0.3 is 15.4 Å². The van der Waals surface area contributed by atoms with E-state index in [0.717, 1.165) is 16.6 Å². The van der Waals surface area contributed by atoms with Gasteiger partial charge in [0.05, 0.1) is 23.5 Å². The molecule has 2 aromatic carbocycles. The largest absolute Gasteiger partial charge is 0.481 e. The Hall–Kier alpha value is -3.61. The third-order valence-corrected chi connectivity index (χ3v) is 4.22. The number of para-hydroxylation sites is 2. The molecule has 0 aliphatic heterocycles. The number of carbonyl (C=O) groups is 2. The van der Waals surface area contributed by atoms with Gasteiger partial charge in [-0.3, -0.25) is 9.59 Å². The maximum atomic E-state index is 12.6. The number of hydrogen-bond acceptors (Lipinski definition) is 3. The summed E-state index contributed by atoms with van der Waals surface area (Å²) in [7, 11) is 0. The summed E-state index contributed by atoms with van der Waals surface area (Å²) in [5, 5.41) is 16.3. The highest BCUT2D eigenvalue weighted by Gasteiger charge is 2.21. The van der Waals surface area contributed by atoms with Gasteiger partial charge in [0.2, 0.25) is 0 Å². The Balaban J connectivity index is 1.63. The summed E-state index contributed by atoms with van der Waals surface area (Å²) >= 11 is 0. The van der Waals surface area contributed by atoms with Crippen molar-refractivity contribution in [2.45, 2.75) is 12.5 Å². The van der Waals surface area contributed by atoms with E-state index in [1.54, 1.807) is 22.7 Å². The molecule has 3 N–H and O–H groups in total. The van der Waals surface area contributed by atoms with Gasteiger partial charge in [-0.15, -0.1) is 0 Å². The van der Waals surface area contributed by atoms with Gasteiger partial charge in [-0.1, -0.05) is 42.5 Å². The number of imidazole rings is 1. The summed E-state index contributed by atoms with van der Waals surface area (Å²) in [6.45, 7) is 0. The Morgan fingerprint density at radius 2 is 1.85 bits per heavy atom. The van der Waals surface area contributed by atoms with Crippen LogP contribution in [-0.4, -0.2) is 31.6 Å². The van der Waals surface area contributed by atoms with Crippen molar-refractivity contribution in [2.75, 3.05) is 0 Å². The van der Waals surface area contributed by atoms with Crippen LogP contribution in [0.5, 0.6) is 0 Å². The molecule has 4 aromatic rings. The minimum Gasteiger partial charge on any atom is -0.481 e. The minimum atomic E-state index is -0.984.